The van der Waals surface area contributed by atoms with E-state index in [0.29, 0.717) is 0 Å². The molecule has 4 heteroatoms. The summed E-state index contributed by atoms with van der Waals surface area (Å²) in [6.07, 6.45) is 2.69. The van der Waals surface area contributed by atoms with E-state index in [4.69, 9.17) is 0 Å². The number of carbonyl (C=O) groups excluding carboxylic acids is 1. The van der Waals surface area contributed by atoms with Gasteiger partial charge in [0, 0.05) is 43.2 Å². The molecule has 2 aromatic rings. The summed E-state index contributed by atoms with van der Waals surface area (Å²) in [5.41, 5.74) is 2.91. The van der Waals surface area contributed by atoms with Gasteiger partial charge < -0.3 is 10.6 Å². The van der Waals surface area contributed by atoms with E-state index in [1.165, 1.54) is 6.92 Å². The molecule has 1 aromatic carbocycles. The number of pyridine rings is 1. The van der Waals surface area contributed by atoms with E-state index >= 15 is 0 Å². The second-order valence-electron chi connectivity index (χ2n) is 4.26. The smallest absolute Gasteiger partial charge is 0.221 e. The maximum atomic E-state index is 10.9. The number of amides is 1. The van der Waals surface area contributed by atoms with Gasteiger partial charge in [-0.3, -0.25) is 9.78 Å². The number of hydrogen-bond acceptors (Lipinski definition) is 3. The predicted molar refractivity (Wildman–Crippen MR) is 77.2 cm³/mol. The third-order valence-electron chi connectivity index (χ3n) is 2.64. The lowest BCUT2D eigenvalue weighted by Crippen LogP contribution is -2.07. The molecule has 0 spiro atoms. The molecule has 2 rings (SSSR count). The molecule has 0 fully saturated rings. The fraction of sp³-hybridized carbons (Fsp3) is 0.200. The third-order valence-corrected chi connectivity index (χ3v) is 2.64. The Labute approximate surface area is 112 Å². The minimum Gasteiger partial charge on any atom is -0.385 e. The minimum atomic E-state index is -0.0594. The van der Waals surface area contributed by atoms with Gasteiger partial charge in [0.2, 0.25) is 5.91 Å². The number of hydrogen-bond donors (Lipinski definition) is 2. The normalized spacial score (nSPS) is 9.95. The summed E-state index contributed by atoms with van der Waals surface area (Å²) in [6, 6.07) is 13.6. The summed E-state index contributed by atoms with van der Waals surface area (Å²) in [4.78, 5) is 15.2. The molecule has 1 heterocycles. The Morgan fingerprint density at radius 1 is 1.11 bits per heavy atom. The van der Waals surface area contributed by atoms with Crippen molar-refractivity contribution in [3.8, 4) is 0 Å². The zero-order chi connectivity index (χ0) is 13.5. The fourth-order valence-electron chi connectivity index (χ4n) is 1.76. The first-order valence-electron chi connectivity index (χ1n) is 6.25. The summed E-state index contributed by atoms with van der Waals surface area (Å²) < 4.78 is 0. The van der Waals surface area contributed by atoms with Gasteiger partial charge in [-0.15, -0.1) is 0 Å². The van der Waals surface area contributed by atoms with Crippen molar-refractivity contribution in [2.75, 3.05) is 17.2 Å². The van der Waals surface area contributed by atoms with E-state index < -0.39 is 0 Å². The molecule has 0 aliphatic rings. The van der Waals surface area contributed by atoms with Gasteiger partial charge in [0.1, 0.15) is 0 Å². The molecule has 19 heavy (non-hydrogen) atoms. The number of nitrogens with one attached hydrogen (secondary N) is 2. The zero-order valence-electron chi connectivity index (χ0n) is 10.9. The first kappa shape index (κ1) is 13.1. The number of rotatable bonds is 5. The number of nitrogens with zero attached hydrogens (tertiary/aromatic N) is 1. The van der Waals surface area contributed by atoms with Crippen LogP contribution in [0.25, 0.3) is 0 Å². The second-order valence-corrected chi connectivity index (χ2v) is 4.26. The van der Waals surface area contributed by atoms with Crippen LogP contribution in [0.15, 0.2) is 48.7 Å². The van der Waals surface area contributed by atoms with Crippen molar-refractivity contribution in [3.05, 3.63) is 54.4 Å². The highest BCUT2D eigenvalue weighted by molar-refractivity contribution is 5.88. The highest BCUT2D eigenvalue weighted by Crippen LogP contribution is 2.13. The summed E-state index contributed by atoms with van der Waals surface area (Å²) in [5, 5.41) is 6.06. The molecule has 0 unspecified atom stereocenters. The Morgan fingerprint density at radius 2 is 1.84 bits per heavy atom. The molecule has 0 saturated heterocycles. The Hall–Kier alpha value is -2.36. The number of benzene rings is 1. The van der Waals surface area contributed by atoms with E-state index in [0.717, 1.165) is 30.0 Å². The summed E-state index contributed by atoms with van der Waals surface area (Å²) in [5.74, 6) is -0.0594. The molecular weight excluding hydrogens is 238 g/mol. The standard InChI is InChI=1S/C15H17N3O/c1-12(19)18-15-7-5-14(6-8-15)17-11-9-13-4-2-3-10-16-13/h2-8,10,17H,9,11H2,1H3,(H,18,19). The number of anilines is 2. The van der Waals surface area contributed by atoms with Crippen LogP contribution in [-0.2, 0) is 11.2 Å². The lowest BCUT2D eigenvalue weighted by Gasteiger charge is -2.07. The maximum Gasteiger partial charge on any atom is 0.221 e. The summed E-state index contributed by atoms with van der Waals surface area (Å²) in [6.45, 7) is 2.33. The maximum absolute atomic E-state index is 10.9. The zero-order valence-corrected chi connectivity index (χ0v) is 10.9. The monoisotopic (exact) mass is 255 g/mol. The molecule has 0 aliphatic heterocycles. The molecule has 0 aliphatic carbocycles. The number of aromatic nitrogens is 1. The van der Waals surface area contributed by atoms with Crippen LogP contribution in [0.5, 0.6) is 0 Å². The van der Waals surface area contributed by atoms with Crippen LogP contribution >= 0.6 is 0 Å². The molecule has 0 saturated carbocycles. The first-order valence-corrected chi connectivity index (χ1v) is 6.25. The largest absolute Gasteiger partial charge is 0.385 e. The van der Waals surface area contributed by atoms with Crippen molar-refractivity contribution in [2.24, 2.45) is 0 Å². The van der Waals surface area contributed by atoms with Crippen LogP contribution in [0, 0.1) is 0 Å². The molecule has 0 bridgehead atoms. The average molecular weight is 255 g/mol. The van der Waals surface area contributed by atoms with Crippen molar-refractivity contribution >= 4 is 17.3 Å². The second kappa shape index (κ2) is 6.54. The molecule has 4 nitrogen and oxygen atoms in total. The van der Waals surface area contributed by atoms with Crippen molar-refractivity contribution in [1.82, 2.24) is 4.98 Å². The highest BCUT2D eigenvalue weighted by Gasteiger charge is 1.97. The lowest BCUT2D eigenvalue weighted by atomic mass is 10.2. The SMILES string of the molecule is CC(=O)Nc1ccc(NCCc2ccccn2)cc1. The molecular formula is C15H17N3O. The molecule has 1 aromatic heterocycles. The van der Waals surface area contributed by atoms with Gasteiger partial charge in [0.25, 0.3) is 0 Å². The topological polar surface area (TPSA) is 54.0 Å². The minimum absolute atomic E-state index is 0.0594. The quantitative estimate of drug-likeness (QED) is 0.863. The highest BCUT2D eigenvalue weighted by atomic mass is 16.1. The van der Waals surface area contributed by atoms with Crippen LogP contribution in [-0.4, -0.2) is 17.4 Å². The van der Waals surface area contributed by atoms with E-state index in [1.807, 2.05) is 42.5 Å². The van der Waals surface area contributed by atoms with Crippen molar-refractivity contribution in [2.45, 2.75) is 13.3 Å². The van der Waals surface area contributed by atoms with Crippen LogP contribution in [0.4, 0.5) is 11.4 Å². The Bertz CT molecular complexity index is 523. The van der Waals surface area contributed by atoms with Gasteiger partial charge >= 0.3 is 0 Å². The van der Waals surface area contributed by atoms with Crippen LogP contribution in [0.3, 0.4) is 0 Å². The van der Waals surface area contributed by atoms with E-state index in [2.05, 4.69) is 15.6 Å². The van der Waals surface area contributed by atoms with Crippen molar-refractivity contribution in [1.29, 1.82) is 0 Å². The lowest BCUT2D eigenvalue weighted by molar-refractivity contribution is -0.114. The van der Waals surface area contributed by atoms with Crippen molar-refractivity contribution < 1.29 is 4.79 Å². The predicted octanol–water partition coefficient (Wildman–Crippen LogP) is 2.69. The summed E-state index contributed by atoms with van der Waals surface area (Å²) >= 11 is 0. The molecule has 1 amide bonds. The van der Waals surface area contributed by atoms with Crippen LogP contribution < -0.4 is 10.6 Å². The Morgan fingerprint density at radius 3 is 2.47 bits per heavy atom. The van der Waals surface area contributed by atoms with Gasteiger partial charge in [-0.05, 0) is 36.4 Å². The summed E-state index contributed by atoms with van der Waals surface area (Å²) in [7, 11) is 0. The van der Waals surface area contributed by atoms with Gasteiger partial charge in [-0.25, -0.2) is 0 Å². The molecule has 2 N–H and O–H groups in total. The average Bonchev–Trinajstić information content (AvgIpc) is 2.41. The Kier molecular flexibility index (Phi) is 4.50. The van der Waals surface area contributed by atoms with Crippen LogP contribution in [0.1, 0.15) is 12.6 Å². The van der Waals surface area contributed by atoms with E-state index in [9.17, 15) is 4.79 Å². The molecule has 0 radical (unpaired) electrons. The third kappa shape index (κ3) is 4.43. The van der Waals surface area contributed by atoms with E-state index in [1.54, 1.807) is 6.20 Å². The van der Waals surface area contributed by atoms with Gasteiger partial charge in [0.05, 0.1) is 0 Å². The van der Waals surface area contributed by atoms with Crippen molar-refractivity contribution in [3.63, 3.8) is 0 Å². The molecule has 0 atom stereocenters. The van der Waals surface area contributed by atoms with Gasteiger partial charge in [0.15, 0.2) is 0 Å². The fourth-order valence-corrected chi connectivity index (χ4v) is 1.76. The van der Waals surface area contributed by atoms with E-state index in [-0.39, 0.29) is 5.91 Å². The Balaban J connectivity index is 1.81. The van der Waals surface area contributed by atoms with Gasteiger partial charge in [-0.2, -0.15) is 0 Å². The van der Waals surface area contributed by atoms with Gasteiger partial charge in [-0.1, -0.05) is 6.07 Å². The van der Waals surface area contributed by atoms with Crippen LogP contribution in [0.2, 0.25) is 0 Å². The molecule has 98 valence electrons. The number of carbonyl (C=O) groups is 1. The first-order chi connectivity index (χ1) is 9.24.